The Labute approximate surface area is 552 Å². The summed E-state index contributed by atoms with van der Waals surface area (Å²) in [6.07, 6.45) is 5.37. The fourth-order valence-electron chi connectivity index (χ4n) is 17.6. The Hall–Kier alpha value is -8.60. The zero-order chi connectivity index (χ0) is 67.7. The molecule has 26 nitrogen and oxygen atoms in total. The van der Waals surface area contributed by atoms with Gasteiger partial charge in [-0.2, -0.15) is 0 Å². The van der Waals surface area contributed by atoms with Crippen LogP contribution >= 0.6 is 0 Å². The van der Waals surface area contributed by atoms with Gasteiger partial charge < -0.3 is 80.4 Å². The number of aliphatic carboxylic acids is 2. The standard InChI is InChI=1S/2C33H37N5O5.C4H6O6/c2*1-32(35-29(39)21-15-23-22-10-6-11-24-28(22)20(17-34-24)16-25(23)36(2)18-21)31(41)38-26(14-19-8-4-3-5-9-19)30(40)37-13-7-12-27(37)33(38,42)43-32;5-1(3(7)8)2(6)4(9)10/h2*3-6,8-11,17,21,23,25-27,34,42H,7,12-16,18H2,1-2H3,(H,35,39);1-2,5-6H,(H,7,8)(H,9,10)/p-2/t2*21-,23-,25-,26+,27+,32-,33+;/m11./s1. The molecule has 2 unspecified atom stereocenters. The fourth-order valence-corrected chi connectivity index (χ4v) is 17.6. The lowest BCUT2D eigenvalue weighted by atomic mass is 9.72. The molecule has 8 saturated heterocycles. The van der Waals surface area contributed by atoms with Crippen LogP contribution in [-0.2, 0) is 73.5 Å². The first-order valence-electron chi connectivity index (χ1n) is 33.0. The average molecular weight is 1320 g/mol. The Balaban J connectivity index is 0.000000145. The molecular formula is C70H78N10O16-2. The second-order valence-corrected chi connectivity index (χ2v) is 27.9. The number of likely N-dealkylation sites (tertiary alicyclic amines) is 2. The highest BCUT2D eigenvalue weighted by Crippen LogP contribution is 2.50. The lowest BCUT2D eigenvalue weighted by Gasteiger charge is -2.48. The van der Waals surface area contributed by atoms with Crippen LogP contribution in [0.5, 0.6) is 0 Å². The second-order valence-electron chi connectivity index (χ2n) is 27.9. The Kier molecular flexibility index (Phi) is 16.3. The predicted molar refractivity (Wildman–Crippen MR) is 337 cm³/mol. The highest BCUT2D eigenvalue weighted by atomic mass is 16.7. The Morgan fingerprint density at radius 1 is 0.583 bits per heavy atom. The molecule has 4 aromatic carbocycles. The molecule has 8 aliphatic heterocycles. The van der Waals surface area contributed by atoms with Crippen molar-refractivity contribution in [3.05, 3.63) is 143 Å². The number of aromatic nitrogens is 2. The summed E-state index contributed by atoms with van der Waals surface area (Å²) in [5, 5.41) is 68.2. The minimum atomic E-state index is -2.44. The maximum atomic E-state index is 14.2. The number of hydrogen-bond acceptors (Lipinski definition) is 18. The predicted octanol–water partition coefficient (Wildman–Crippen LogP) is -0.630. The molecule has 0 saturated carbocycles. The minimum Gasteiger partial charge on any atom is -0.547 e. The van der Waals surface area contributed by atoms with Gasteiger partial charge in [-0.05, 0) is 125 Å². The molecule has 8 N–H and O–H groups in total. The number of carbonyl (C=O) groups excluding carboxylic acids is 8. The lowest BCUT2D eigenvalue weighted by Crippen LogP contribution is -2.71. The molecule has 6 aromatic rings. The summed E-state index contributed by atoms with van der Waals surface area (Å²) >= 11 is 0. The van der Waals surface area contributed by atoms with Gasteiger partial charge in [-0.1, -0.05) is 84.9 Å². The number of piperidine rings is 2. The van der Waals surface area contributed by atoms with E-state index in [4.69, 9.17) is 19.7 Å². The number of benzene rings is 4. The minimum absolute atomic E-state index is 0.171. The second kappa shape index (κ2) is 24.2. The summed E-state index contributed by atoms with van der Waals surface area (Å²) in [5.41, 5.74) is 5.48. The molecule has 16 rings (SSSR count). The number of rotatable bonds is 11. The molecule has 2 aliphatic carbocycles. The van der Waals surface area contributed by atoms with Crippen LogP contribution in [0.15, 0.2) is 109 Å². The van der Waals surface area contributed by atoms with Gasteiger partial charge >= 0.3 is 0 Å². The number of nitrogens with one attached hydrogen (secondary N) is 4. The normalized spacial score (nSPS) is 33.2. The van der Waals surface area contributed by atoms with Gasteiger partial charge in [0, 0.05) is 97.1 Å². The number of carboxylic acid groups (broad SMARTS) is 2. The SMILES string of the molecule is CN1C[C@H](C(=O)N[C@]2(C)O[C@@]3(O)[C@@H]4CCCN4C(=O)[C@H](Cc4ccccc4)N3C2=O)C[C@@H]2c3cccc4[nH]cc(c34)C[C@H]21.CN1C[C@H](C(=O)N[C@]2(C)O[C@@]3(O)[C@@H]4CCCN4C(=O)[C@H](Cc4ccccc4)N3C2=O)C[C@@H]2c3cccc4[nH]cc(c34)C[C@H]21.O=C([O-])C(O)C(O)C(=O)[O-]. The number of ether oxygens (including phenoxy) is 2. The molecule has 16 atom stereocenters. The highest BCUT2D eigenvalue weighted by molar-refractivity contribution is 5.99. The number of carboxylic acids is 2. The first-order valence-corrected chi connectivity index (χ1v) is 33.0. The van der Waals surface area contributed by atoms with Crippen LogP contribution in [0, 0.1) is 11.8 Å². The average Bonchev–Trinajstić information content (AvgIpc) is 1.54. The van der Waals surface area contributed by atoms with E-state index >= 15 is 0 Å². The van der Waals surface area contributed by atoms with Crippen LogP contribution in [0.1, 0.15) is 97.6 Å². The van der Waals surface area contributed by atoms with Gasteiger partial charge in [0.25, 0.3) is 23.6 Å². The van der Waals surface area contributed by atoms with E-state index < -0.39 is 83.4 Å². The van der Waals surface area contributed by atoms with E-state index in [0.29, 0.717) is 64.7 Å². The van der Waals surface area contributed by atoms with Crippen LogP contribution < -0.4 is 20.8 Å². The summed E-state index contributed by atoms with van der Waals surface area (Å²) in [4.78, 5) is 120. The fraction of sp³-hybridized carbons (Fsp3) is 0.486. The molecule has 0 spiro atoms. The van der Waals surface area contributed by atoms with Gasteiger partial charge in [0.1, 0.15) is 36.4 Å². The van der Waals surface area contributed by atoms with Crippen molar-refractivity contribution < 1.29 is 78.5 Å². The number of aliphatic hydroxyl groups is 4. The molecule has 2 aromatic heterocycles. The highest BCUT2D eigenvalue weighted by Gasteiger charge is 2.72. The zero-order valence-corrected chi connectivity index (χ0v) is 53.6. The van der Waals surface area contributed by atoms with Crippen molar-refractivity contribution in [2.24, 2.45) is 11.8 Å². The number of aliphatic hydroxyl groups excluding tert-OH is 2. The number of piperazine rings is 2. The molecule has 96 heavy (non-hydrogen) atoms. The third-order valence-electron chi connectivity index (χ3n) is 22.0. The van der Waals surface area contributed by atoms with Crippen molar-refractivity contribution in [1.82, 2.24) is 50.0 Å². The monoisotopic (exact) mass is 1310 g/mol. The molecule has 10 aliphatic rings. The number of fused-ring (bicyclic) bond motifs is 10. The van der Waals surface area contributed by atoms with E-state index in [1.54, 1.807) is 9.80 Å². The summed E-state index contributed by atoms with van der Waals surface area (Å²) < 4.78 is 12.5. The molecule has 0 bridgehead atoms. The summed E-state index contributed by atoms with van der Waals surface area (Å²) in [6.45, 7) is 5.11. The summed E-state index contributed by atoms with van der Waals surface area (Å²) in [7, 11) is 4.12. The van der Waals surface area contributed by atoms with Gasteiger partial charge in [0.2, 0.25) is 35.1 Å². The smallest absolute Gasteiger partial charge is 0.280 e. The first-order chi connectivity index (χ1) is 45.8. The van der Waals surface area contributed by atoms with E-state index in [1.165, 1.54) is 56.7 Å². The third-order valence-corrected chi connectivity index (χ3v) is 22.0. The molecule has 6 amide bonds. The molecular weight excluding hydrogens is 1240 g/mol. The van der Waals surface area contributed by atoms with E-state index in [-0.39, 0.29) is 72.2 Å². The van der Waals surface area contributed by atoms with Crippen molar-refractivity contribution in [3.63, 3.8) is 0 Å². The Bertz CT molecular complexity index is 3850. The van der Waals surface area contributed by atoms with Crippen LogP contribution in [0.4, 0.5) is 0 Å². The third kappa shape index (κ3) is 10.6. The van der Waals surface area contributed by atoms with Crippen molar-refractivity contribution in [2.45, 2.75) is 162 Å². The molecule has 10 heterocycles. The van der Waals surface area contributed by atoms with Crippen LogP contribution in [0.25, 0.3) is 21.8 Å². The van der Waals surface area contributed by atoms with E-state index in [2.05, 4.69) is 93.3 Å². The number of likely N-dealkylation sites (N-methyl/N-ethyl adjacent to an activating group) is 2. The van der Waals surface area contributed by atoms with E-state index in [0.717, 1.165) is 35.0 Å². The maximum Gasteiger partial charge on any atom is 0.280 e. The van der Waals surface area contributed by atoms with Crippen LogP contribution in [-0.4, -0.2) is 219 Å². The number of aromatic amines is 2. The molecule has 26 heteroatoms. The van der Waals surface area contributed by atoms with Crippen molar-refractivity contribution in [2.75, 3.05) is 40.3 Å². The first kappa shape index (κ1) is 64.7. The maximum absolute atomic E-state index is 14.2. The molecule has 8 fully saturated rings. The lowest BCUT2D eigenvalue weighted by molar-refractivity contribution is -0.333. The Morgan fingerprint density at radius 2 is 0.969 bits per heavy atom. The number of amides is 6. The van der Waals surface area contributed by atoms with Crippen molar-refractivity contribution in [1.29, 1.82) is 0 Å². The van der Waals surface area contributed by atoms with Gasteiger partial charge in [0.15, 0.2) is 0 Å². The Morgan fingerprint density at radius 3 is 1.34 bits per heavy atom. The summed E-state index contributed by atoms with van der Waals surface area (Å²) in [6, 6.07) is 28.9. The van der Waals surface area contributed by atoms with E-state index in [1.807, 2.05) is 60.7 Å². The largest absolute Gasteiger partial charge is 0.547 e. The topological polar surface area (TPSA) is 357 Å². The van der Waals surface area contributed by atoms with Gasteiger partial charge in [-0.3, -0.25) is 48.0 Å². The van der Waals surface area contributed by atoms with Crippen molar-refractivity contribution >= 4 is 69.2 Å². The van der Waals surface area contributed by atoms with Gasteiger partial charge in [-0.25, -0.2) is 0 Å². The van der Waals surface area contributed by atoms with Gasteiger partial charge in [0.05, 0.1) is 23.8 Å². The summed E-state index contributed by atoms with van der Waals surface area (Å²) in [5.74, 6) is -10.7. The molecule has 506 valence electrons. The number of hydrogen-bond donors (Lipinski definition) is 8. The number of H-pyrrole nitrogens is 2. The van der Waals surface area contributed by atoms with E-state index in [9.17, 15) is 58.8 Å². The van der Waals surface area contributed by atoms with Crippen molar-refractivity contribution in [3.8, 4) is 0 Å². The van der Waals surface area contributed by atoms with Crippen LogP contribution in [0.3, 0.4) is 0 Å². The number of nitrogens with zero attached hydrogens (tertiary/aromatic N) is 6. The quantitative estimate of drug-likeness (QED) is 0.0801. The van der Waals surface area contributed by atoms with Gasteiger partial charge in [-0.15, -0.1) is 0 Å². The molecule has 0 radical (unpaired) electrons. The zero-order valence-electron chi connectivity index (χ0n) is 53.6. The van der Waals surface area contributed by atoms with Crippen LogP contribution in [0.2, 0.25) is 0 Å². The number of carbonyl (C=O) groups is 8.